The van der Waals surface area contributed by atoms with Crippen LogP contribution in [0.4, 0.5) is 0 Å². The molecule has 164 valence electrons. The van der Waals surface area contributed by atoms with Crippen LogP contribution in [0, 0.1) is 12.8 Å². The average molecular weight is 424 g/mol. The van der Waals surface area contributed by atoms with Gasteiger partial charge in [0.1, 0.15) is 23.9 Å². The van der Waals surface area contributed by atoms with Crippen molar-refractivity contribution in [3.63, 3.8) is 0 Å². The van der Waals surface area contributed by atoms with Crippen molar-refractivity contribution in [3.8, 4) is 17.2 Å². The number of nitrogens with zero attached hydrogens (tertiary/aromatic N) is 1. The molecule has 3 rings (SSSR count). The number of ether oxygens (including phenoxy) is 3. The number of rotatable bonds is 8. The summed E-state index contributed by atoms with van der Waals surface area (Å²) in [5.41, 5.74) is 2.02. The second-order valence-electron chi connectivity index (χ2n) is 7.66. The molecule has 0 aromatic heterocycles. The molecule has 6 heteroatoms. The SMILES string of the molecule is C=CCOc1cc(C)cc(C(=O)N2CCCC(C(=O)c3ccc(OC)cc3OC)C2)c1. The molecule has 2 aromatic rings. The topological polar surface area (TPSA) is 65.1 Å². The van der Waals surface area contributed by atoms with Gasteiger partial charge in [-0.25, -0.2) is 0 Å². The Morgan fingerprint density at radius 1 is 1.13 bits per heavy atom. The molecule has 1 saturated heterocycles. The Bertz CT molecular complexity index is 968. The van der Waals surface area contributed by atoms with Crippen LogP contribution in [0.5, 0.6) is 17.2 Å². The van der Waals surface area contributed by atoms with Gasteiger partial charge in [-0.3, -0.25) is 9.59 Å². The van der Waals surface area contributed by atoms with E-state index in [1.165, 1.54) is 7.11 Å². The normalized spacial score (nSPS) is 15.8. The molecule has 1 amide bonds. The van der Waals surface area contributed by atoms with Gasteiger partial charge < -0.3 is 19.1 Å². The molecule has 31 heavy (non-hydrogen) atoms. The number of piperidine rings is 1. The number of carbonyl (C=O) groups is 2. The van der Waals surface area contributed by atoms with Crippen molar-refractivity contribution in [2.45, 2.75) is 19.8 Å². The number of ketones is 1. The van der Waals surface area contributed by atoms with Crippen LogP contribution in [-0.4, -0.2) is 50.5 Å². The van der Waals surface area contributed by atoms with E-state index in [2.05, 4.69) is 6.58 Å². The molecule has 0 saturated carbocycles. The van der Waals surface area contributed by atoms with Gasteiger partial charge in [-0.2, -0.15) is 0 Å². The number of likely N-dealkylation sites (tertiary alicyclic amines) is 1. The first kappa shape index (κ1) is 22.4. The second kappa shape index (κ2) is 10.2. The molecule has 1 unspecified atom stereocenters. The van der Waals surface area contributed by atoms with Gasteiger partial charge in [-0.05, 0) is 55.7 Å². The Labute approximate surface area is 183 Å². The van der Waals surface area contributed by atoms with E-state index in [1.54, 1.807) is 42.4 Å². The first-order valence-corrected chi connectivity index (χ1v) is 10.4. The van der Waals surface area contributed by atoms with Crippen molar-refractivity contribution >= 4 is 11.7 Å². The van der Waals surface area contributed by atoms with Gasteiger partial charge >= 0.3 is 0 Å². The number of amides is 1. The van der Waals surface area contributed by atoms with Gasteiger partial charge in [0.05, 0.1) is 19.8 Å². The molecule has 0 N–H and O–H groups in total. The quantitative estimate of drug-likeness (QED) is 0.468. The number of carbonyl (C=O) groups excluding carboxylic acids is 2. The minimum Gasteiger partial charge on any atom is -0.497 e. The Hall–Kier alpha value is -3.28. The zero-order valence-electron chi connectivity index (χ0n) is 18.3. The van der Waals surface area contributed by atoms with Crippen LogP contribution in [0.2, 0.25) is 0 Å². The van der Waals surface area contributed by atoms with Crippen molar-refractivity contribution in [3.05, 3.63) is 65.7 Å². The molecular weight excluding hydrogens is 394 g/mol. The van der Waals surface area contributed by atoms with Crippen molar-refractivity contribution in [2.75, 3.05) is 33.9 Å². The Balaban J connectivity index is 1.77. The van der Waals surface area contributed by atoms with Crippen LogP contribution in [0.15, 0.2) is 49.1 Å². The number of methoxy groups -OCH3 is 2. The largest absolute Gasteiger partial charge is 0.497 e. The Kier molecular flexibility index (Phi) is 7.34. The number of Topliss-reactive ketones (excluding diaryl/α,β-unsaturated/α-hetero) is 1. The zero-order chi connectivity index (χ0) is 22.4. The molecular formula is C25H29NO5. The maximum Gasteiger partial charge on any atom is 0.254 e. The zero-order valence-corrected chi connectivity index (χ0v) is 18.3. The fourth-order valence-electron chi connectivity index (χ4n) is 3.89. The molecule has 1 atom stereocenters. The highest BCUT2D eigenvalue weighted by atomic mass is 16.5. The molecule has 2 aromatic carbocycles. The van der Waals surface area contributed by atoms with Gasteiger partial charge in [-0.15, -0.1) is 0 Å². The van der Waals surface area contributed by atoms with Crippen LogP contribution in [0.3, 0.4) is 0 Å². The third-order valence-electron chi connectivity index (χ3n) is 5.42. The minimum absolute atomic E-state index is 0.0174. The molecule has 1 aliphatic rings. The van der Waals surface area contributed by atoms with Crippen molar-refractivity contribution < 1.29 is 23.8 Å². The van der Waals surface area contributed by atoms with E-state index >= 15 is 0 Å². The summed E-state index contributed by atoms with van der Waals surface area (Å²) in [7, 11) is 3.10. The molecule has 0 bridgehead atoms. The van der Waals surface area contributed by atoms with Gasteiger partial charge in [0.2, 0.25) is 0 Å². The third kappa shape index (κ3) is 5.26. The molecule has 6 nitrogen and oxygen atoms in total. The van der Waals surface area contributed by atoms with Crippen LogP contribution in [-0.2, 0) is 0 Å². The first-order valence-electron chi connectivity index (χ1n) is 10.4. The lowest BCUT2D eigenvalue weighted by Crippen LogP contribution is -2.42. The van der Waals surface area contributed by atoms with Gasteiger partial charge in [0, 0.05) is 30.6 Å². The number of benzene rings is 2. The summed E-state index contributed by atoms with van der Waals surface area (Å²) in [5.74, 6) is 1.36. The fraction of sp³-hybridized carbons (Fsp3) is 0.360. The molecule has 0 aliphatic carbocycles. The highest BCUT2D eigenvalue weighted by Gasteiger charge is 2.31. The minimum atomic E-state index is -0.277. The molecule has 1 fully saturated rings. The lowest BCUT2D eigenvalue weighted by molar-refractivity contribution is 0.0635. The van der Waals surface area contributed by atoms with Crippen molar-refractivity contribution in [1.82, 2.24) is 4.90 Å². The van der Waals surface area contributed by atoms with E-state index in [0.717, 1.165) is 18.4 Å². The van der Waals surface area contributed by atoms with Crippen molar-refractivity contribution in [1.29, 1.82) is 0 Å². The van der Waals surface area contributed by atoms with Crippen LogP contribution in [0.1, 0.15) is 39.1 Å². The van der Waals surface area contributed by atoms with Gasteiger partial charge in [0.15, 0.2) is 5.78 Å². The predicted molar refractivity (Wildman–Crippen MR) is 119 cm³/mol. The van der Waals surface area contributed by atoms with Crippen LogP contribution in [0.25, 0.3) is 0 Å². The maximum absolute atomic E-state index is 13.2. The summed E-state index contributed by atoms with van der Waals surface area (Å²) in [6, 6.07) is 10.7. The fourth-order valence-corrected chi connectivity index (χ4v) is 3.89. The van der Waals surface area contributed by atoms with Gasteiger partial charge in [0.25, 0.3) is 5.91 Å². The van der Waals surface area contributed by atoms with E-state index in [9.17, 15) is 9.59 Å². The van der Waals surface area contributed by atoms with E-state index in [0.29, 0.717) is 48.1 Å². The number of aryl methyl sites for hydroxylation is 1. The summed E-state index contributed by atoms with van der Waals surface area (Å²) in [6.07, 6.45) is 3.17. The first-order chi connectivity index (χ1) is 15.0. The Morgan fingerprint density at radius 3 is 2.65 bits per heavy atom. The maximum atomic E-state index is 13.2. The lowest BCUT2D eigenvalue weighted by Gasteiger charge is -2.32. The number of hydrogen-bond donors (Lipinski definition) is 0. The van der Waals surface area contributed by atoms with Crippen LogP contribution >= 0.6 is 0 Å². The molecule has 1 heterocycles. The van der Waals surface area contributed by atoms with E-state index in [-0.39, 0.29) is 17.6 Å². The Morgan fingerprint density at radius 2 is 1.94 bits per heavy atom. The second-order valence-corrected chi connectivity index (χ2v) is 7.66. The number of hydrogen-bond acceptors (Lipinski definition) is 5. The molecule has 1 aliphatic heterocycles. The summed E-state index contributed by atoms with van der Waals surface area (Å²) in [4.78, 5) is 28.2. The highest BCUT2D eigenvalue weighted by Crippen LogP contribution is 2.30. The summed E-state index contributed by atoms with van der Waals surface area (Å²) in [5, 5.41) is 0. The summed E-state index contributed by atoms with van der Waals surface area (Å²) < 4.78 is 16.2. The summed E-state index contributed by atoms with van der Waals surface area (Å²) >= 11 is 0. The third-order valence-corrected chi connectivity index (χ3v) is 5.42. The highest BCUT2D eigenvalue weighted by molar-refractivity contribution is 6.01. The van der Waals surface area contributed by atoms with Gasteiger partial charge in [-0.1, -0.05) is 12.7 Å². The average Bonchev–Trinajstić information content (AvgIpc) is 2.81. The molecule has 0 spiro atoms. The van der Waals surface area contributed by atoms with E-state index in [1.807, 2.05) is 19.1 Å². The standard InChI is InChI=1S/C25H29NO5/c1-5-11-31-21-13-17(2)12-19(14-21)25(28)26-10-6-7-18(16-26)24(27)22-9-8-20(29-3)15-23(22)30-4/h5,8-9,12-15,18H,1,6-7,10-11,16H2,2-4H3. The molecule has 0 radical (unpaired) electrons. The predicted octanol–water partition coefficient (Wildman–Crippen LogP) is 4.31. The monoisotopic (exact) mass is 423 g/mol. The van der Waals surface area contributed by atoms with Crippen molar-refractivity contribution in [2.24, 2.45) is 5.92 Å². The van der Waals surface area contributed by atoms with E-state index < -0.39 is 0 Å². The summed E-state index contributed by atoms with van der Waals surface area (Å²) in [6.45, 7) is 6.96. The van der Waals surface area contributed by atoms with E-state index in [4.69, 9.17) is 14.2 Å². The lowest BCUT2D eigenvalue weighted by atomic mass is 9.89. The van der Waals surface area contributed by atoms with Crippen LogP contribution < -0.4 is 14.2 Å². The smallest absolute Gasteiger partial charge is 0.254 e.